The molecule has 23 heavy (non-hydrogen) atoms. The molecule has 4 heterocycles. The lowest BCUT2D eigenvalue weighted by Crippen LogP contribution is -2.22. The number of nitrogens with zero attached hydrogens (tertiary/aromatic N) is 5. The summed E-state index contributed by atoms with van der Waals surface area (Å²) in [5, 5.41) is 0. The summed E-state index contributed by atoms with van der Waals surface area (Å²) in [5.74, 6) is 2.55. The van der Waals surface area contributed by atoms with Gasteiger partial charge in [-0.3, -0.25) is 0 Å². The highest BCUT2D eigenvalue weighted by molar-refractivity contribution is 5.71. The Balaban J connectivity index is 1.67. The van der Waals surface area contributed by atoms with E-state index in [2.05, 4.69) is 39.4 Å². The maximum Gasteiger partial charge on any atom is 0.160 e. The van der Waals surface area contributed by atoms with E-state index in [-0.39, 0.29) is 0 Å². The molecule has 124 valence electrons. The average Bonchev–Trinajstić information content (AvgIpc) is 3.27. The molecule has 2 aromatic heterocycles. The van der Waals surface area contributed by atoms with Crippen LogP contribution >= 0.6 is 0 Å². The predicted molar refractivity (Wildman–Crippen MR) is 92.6 cm³/mol. The summed E-state index contributed by atoms with van der Waals surface area (Å²) in [4.78, 5) is 14.6. The molecule has 0 amide bonds. The van der Waals surface area contributed by atoms with Crippen LogP contribution in [0.5, 0.6) is 0 Å². The molecule has 0 N–H and O–H groups in total. The maximum absolute atomic E-state index is 4.98. The molecular weight excluding hydrogens is 286 g/mol. The van der Waals surface area contributed by atoms with Gasteiger partial charge in [-0.2, -0.15) is 0 Å². The van der Waals surface area contributed by atoms with E-state index < -0.39 is 0 Å². The van der Waals surface area contributed by atoms with E-state index in [0.717, 1.165) is 36.7 Å². The van der Waals surface area contributed by atoms with E-state index in [1.54, 1.807) is 0 Å². The minimum absolute atomic E-state index is 0.559. The van der Waals surface area contributed by atoms with E-state index >= 15 is 0 Å². The lowest BCUT2D eigenvalue weighted by atomic mass is 10.1. The Labute approximate surface area is 138 Å². The summed E-state index contributed by atoms with van der Waals surface area (Å²) in [6.07, 6.45) is 4.41. The van der Waals surface area contributed by atoms with Crippen molar-refractivity contribution in [2.45, 2.75) is 32.2 Å². The average molecular weight is 313 g/mol. The van der Waals surface area contributed by atoms with Crippen molar-refractivity contribution in [3.63, 3.8) is 0 Å². The third-order valence-corrected chi connectivity index (χ3v) is 5.55. The number of rotatable bonds is 4. The first-order valence-corrected chi connectivity index (χ1v) is 8.96. The molecule has 0 spiro atoms. The van der Waals surface area contributed by atoms with Crippen molar-refractivity contribution < 1.29 is 0 Å². The van der Waals surface area contributed by atoms with Crippen LogP contribution in [-0.4, -0.2) is 64.1 Å². The van der Waals surface area contributed by atoms with Crippen molar-refractivity contribution >= 4 is 11.2 Å². The lowest BCUT2D eigenvalue weighted by Gasteiger charge is -2.17. The standard InChI is InChI=1S/C18H27N5/c1-3-22-10-7-15(13-22)17-20-16-5-4-8-19-18(16)23(17)12-14-6-9-21(2)11-14/h4-5,8,14-15H,3,6-7,9-13H2,1-2H3. The first-order chi connectivity index (χ1) is 11.2. The highest BCUT2D eigenvalue weighted by Gasteiger charge is 2.29. The summed E-state index contributed by atoms with van der Waals surface area (Å²) >= 11 is 0. The normalized spacial score (nSPS) is 26.5. The number of hydrogen-bond donors (Lipinski definition) is 0. The van der Waals surface area contributed by atoms with Gasteiger partial charge in [0.2, 0.25) is 0 Å². The summed E-state index contributed by atoms with van der Waals surface area (Å²) in [5.41, 5.74) is 2.14. The van der Waals surface area contributed by atoms with Gasteiger partial charge in [0.05, 0.1) is 0 Å². The molecule has 5 heteroatoms. The summed E-state index contributed by atoms with van der Waals surface area (Å²) in [6.45, 7) is 9.21. The van der Waals surface area contributed by atoms with Crippen molar-refractivity contribution in [3.05, 3.63) is 24.2 Å². The van der Waals surface area contributed by atoms with E-state index in [4.69, 9.17) is 4.98 Å². The van der Waals surface area contributed by atoms with Crippen LogP contribution in [0.4, 0.5) is 0 Å². The molecular formula is C18H27N5. The molecule has 0 radical (unpaired) electrons. The molecule has 2 aliphatic heterocycles. The first kappa shape index (κ1) is 15.1. The SMILES string of the molecule is CCN1CCC(c2nc3cccnc3n2CC2CCN(C)C2)C1. The van der Waals surface area contributed by atoms with Crippen LogP contribution in [0.25, 0.3) is 11.2 Å². The second-order valence-corrected chi connectivity index (χ2v) is 7.22. The van der Waals surface area contributed by atoms with Crippen molar-refractivity contribution in [1.29, 1.82) is 0 Å². The Bertz CT molecular complexity index is 679. The molecule has 2 aromatic rings. The summed E-state index contributed by atoms with van der Waals surface area (Å²) < 4.78 is 2.43. The fraction of sp³-hybridized carbons (Fsp3) is 0.667. The summed E-state index contributed by atoms with van der Waals surface area (Å²) in [7, 11) is 2.22. The van der Waals surface area contributed by atoms with E-state index in [1.807, 2.05) is 12.3 Å². The lowest BCUT2D eigenvalue weighted by molar-refractivity contribution is 0.349. The van der Waals surface area contributed by atoms with Gasteiger partial charge in [-0.05, 0) is 57.6 Å². The molecule has 0 bridgehead atoms. The number of likely N-dealkylation sites (N-methyl/N-ethyl adjacent to an activating group) is 1. The number of imidazole rings is 1. The Morgan fingerprint density at radius 1 is 1.22 bits per heavy atom. The van der Waals surface area contributed by atoms with E-state index in [9.17, 15) is 0 Å². The van der Waals surface area contributed by atoms with Gasteiger partial charge in [0, 0.05) is 31.7 Å². The van der Waals surface area contributed by atoms with Gasteiger partial charge in [-0.1, -0.05) is 6.92 Å². The molecule has 2 saturated heterocycles. The molecule has 5 nitrogen and oxygen atoms in total. The number of hydrogen-bond acceptors (Lipinski definition) is 4. The Kier molecular flexibility index (Phi) is 4.07. The molecule has 2 unspecified atom stereocenters. The zero-order chi connectivity index (χ0) is 15.8. The number of fused-ring (bicyclic) bond motifs is 1. The van der Waals surface area contributed by atoms with Crippen LogP contribution in [0.2, 0.25) is 0 Å². The Hall–Kier alpha value is -1.46. The third kappa shape index (κ3) is 2.88. The van der Waals surface area contributed by atoms with Gasteiger partial charge in [0.25, 0.3) is 0 Å². The van der Waals surface area contributed by atoms with Crippen LogP contribution in [0.3, 0.4) is 0 Å². The smallest absolute Gasteiger partial charge is 0.160 e. The largest absolute Gasteiger partial charge is 0.312 e. The highest BCUT2D eigenvalue weighted by Crippen LogP contribution is 2.30. The predicted octanol–water partition coefficient (Wildman–Crippen LogP) is 2.19. The molecule has 0 saturated carbocycles. The second-order valence-electron chi connectivity index (χ2n) is 7.22. The molecule has 0 aliphatic carbocycles. The topological polar surface area (TPSA) is 37.2 Å². The molecule has 0 aromatic carbocycles. The van der Waals surface area contributed by atoms with Gasteiger partial charge in [0.15, 0.2) is 5.65 Å². The van der Waals surface area contributed by atoms with Crippen LogP contribution in [-0.2, 0) is 6.54 Å². The quantitative estimate of drug-likeness (QED) is 0.867. The molecule has 2 atom stereocenters. The zero-order valence-corrected chi connectivity index (χ0v) is 14.3. The third-order valence-electron chi connectivity index (χ3n) is 5.55. The van der Waals surface area contributed by atoms with Gasteiger partial charge < -0.3 is 14.4 Å². The molecule has 2 fully saturated rings. The zero-order valence-electron chi connectivity index (χ0n) is 14.3. The monoisotopic (exact) mass is 313 g/mol. The molecule has 4 rings (SSSR count). The van der Waals surface area contributed by atoms with Crippen molar-refractivity contribution in [2.75, 3.05) is 39.8 Å². The van der Waals surface area contributed by atoms with Crippen LogP contribution in [0.15, 0.2) is 18.3 Å². The van der Waals surface area contributed by atoms with Crippen LogP contribution < -0.4 is 0 Å². The van der Waals surface area contributed by atoms with Crippen molar-refractivity contribution in [3.8, 4) is 0 Å². The maximum atomic E-state index is 4.98. The first-order valence-electron chi connectivity index (χ1n) is 8.96. The minimum atomic E-state index is 0.559. The van der Waals surface area contributed by atoms with E-state index in [1.165, 1.54) is 38.3 Å². The van der Waals surface area contributed by atoms with Gasteiger partial charge in [0.1, 0.15) is 11.3 Å². The van der Waals surface area contributed by atoms with Gasteiger partial charge in [-0.25, -0.2) is 9.97 Å². The van der Waals surface area contributed by atoms with E-state index in [0.29, 0.717) is 5.92 Å². The van der Waals surface area contributed by atoms with Crippen molar-refractivity contribution in [1.82, 2.24) is 24.3 Å². The van der Waals surface area contributed by atoms with Gasteiger partial charge in [-0.15, -0.1) is 0 Å². The summed E-state index contributed by atoms with van der Waals surface area (Å²) in [6, 6.07) is 4.11. The second kappa shape index (κ2) is 6.21. The number of likely N-dealkylation sites (tertiary alicyclic amines) is 2. The van der Waals surface area contributed by atoms with Crippen LogP contribution in [0, 0.1) is 5.92 Å². The fourth-order valence-electron chi connectivity index (χ4n) is 4.23. The Morgan fingerprint density at radius 3 is 2.87 bits per heavy atom. The highest BCUT2D eigenvalue weighted by atomic mass is 15.2. The molecule has 2 aliphatic rings. The van der Waals surface area contributed by atoms with Gasteiger partial charge >= 0.3 is 0 Å². The van der Waals surface area contributed by atoms with Crippen LogP contribution in [0.1, 0.15) is 31.5 Å². The minimum Gasteiger partial charge on any atom is -0.312 e. The number of pyridine rings is 1. The fourth-order valence-corrected chi connectivity index (χ4v) is 4.23. The Morgan fingerprint density at radius 2 is 2.13 bits per heavy atom. The van der Waals surface area contributed by atoms with Crippen molar-refractivity contribution in [2.24, 2.45) is 5.92 Å². The number of aromatic nitrogens is 3.